The Kier molecular flexibility index (Phi) is 6.10. The number of hydrogen-bond donors (Lipinski definition) is 4. The Hall–Kier alpha value is -5.06. The Morgan fingerprint density at radius 2 is 1.41 bits per heavy atom. The van der Waals surface area contributed by atoms with Crippen LogP contribution < -0.4 is 21.8 Å². The van der Waals surface area contributed by atoms with Gasteiger partial charge in [0, 0.05) is 29.5 Å². The van der Waals surface area contributed by atoms with Crippen LogP contribution in [0.2, 0.25) is 0 Å². The number of nitrogens with one attached hydrogen (secondary N) is 4. The lowest BCUT2D eigenvalue weighted by atomic mass is 9.94. The summed E-state index contributed by atoms with van der Waals surface area (Å²) in [6.45, 7) is -0.317. The fourth-order valence-electron chi connectivity index (χ4n) is 4.48. The lowest BCUT2D eigenvalue weighted by Gasteiger charge is -2.27. The summed E-state index contributed by atoms with van der Waals surface area (Å²) >= 11 is 0. The molecule has 0 atom stereocenters. The van der Waals surface area contributed by atoms with Crippen molar-refractivity contribution >= 4 is 50.9 Å². The van der Waals surface area contributed by atoms with E-state index in [1.165, 1.54) is 18.2 Å². The highest BCUT2D eigenvalue weighted by molar-refractivity contribution is 6.25. The molecule has 0 fully saturated rings. The molecule has 11 heteroatoms. The van der Waals surface area contributed by atoms with Crippen LogP contribution in [0.4, 0.5) is 5.69 Å². The van der Waals surface area contributed by atoms with Gasteiger partial charge in [0.25, 0.3) is 22.9 Å². The topological polar surface area (TPSA) is 161 Å². The van der Waals surface area contributed by atoms with Gasteiger partial charge in [-0.15, -0.1) is 0 Å². The maximum absolute atomic E-state index is 12.9. The first-order chi connectivity index (χ1) is 17.8. The lowest BCUT2D eigenvalue weighted by molar-refractivity contribution is -0.124. The van der Waals surface area contributed by atoms with Gasteiger partial charge < -0.3 is 10.6 Å². The molecule has 0 saturated heterocycles. The maximum Gasteiger partial charge on any atom is 0.272 e. The summed E-state index contributed by atoms with van der Waals surface area (Å²) in [4.78, 5) is 75.6. The molecule has 3 aromatic carbocycles. The zero-order chi connectivity index (χ0) is 26.1. The number of rotatable bonds is 7. The van der Waals surface area contributed by atoms with Crippen molar-refractivity contribution in [2.24, 2.45) is 0 Å². The average Bonchev–Trinajstić information content (AvgIpc) is 2.90. The Morgan fingerprint density at radius 3 is 2.11 bits per heavy atom. The molecule has 11 nitrogen and oxygen atoms in total. The fourth-order valence-corrected chi connectivity index (χ4v) is 4.48. The summed E-state index contributed by atoms with van der Waals surface area (Å²) in [5.41, 5.74) is -0.0484. The number of aromatic nitrogens is 2. The summed E-state index contributed by atoms with van der Waals surface area (Å²) in [6, 6.07) is 15.0. The first-order valence-corrected chi connectivity index (χ1v) is 11.5. The SMILES string of the molecule is O=C(CCCN1C(=O)c2cccc3cccc(c23)C1=O)NCC(=O)Nc1cccc2c(=O)[nH][nH]c(=O)c12. The van der Waals surface area contributed by atoms with E-state index in [4.69, 9.17) is 0 Å². The van der Waals surface area contributed by atoms with Crippen LogP contribution in [0.25, 0.3) is 21.5 Å². The van der Waals surface area contributed by atoms with E-state index in [0.29, 0.717) is 16.5 Å². The minimum Gasteiger partial charge on any atom is -0.347 e. The third kappa shape index (κ3) is 4.38. The van der Waals surface area contributed by atoms with E-state index in [2.05, 4.69) is 20.8 Å². The minimum atomic E-state index is -0.591. The summed E-state index contributed by atoms with van der Waals surface area (Å²) in [6.07, 6.45) is 0.198. The van der Waals surface area contributed by atoms with Crippen LogP contribution in [0.3, 0.4) is 0 Å². The number of amides is 4. The molecule has 0 radical (unpaired) electrons. The number of benzene rings is 3. The van der Waals surface area contributed by atoms with Crippen LogP contribution in [0, 0.1) is 0 Å². The highest BCUT2D eigenvalue weighted by Crippen LogP contribution is 2.30. The Morgan fingerprint density at radius 1 is 0.757 bits per heavy atom. The van der Waals surface area contributed by atoms with Crippen molar-refractivity contribution in [2.75, 3.05) is 18.4 Å². The van der Waals surface area contributed by atoms with Gasteiger partial charge in [-0.1, -0.05) is 30.3 Å². The van der Waals surface area contributed by atoms with Gasteiger partial charge in [-0.3, -0.25) is 43.9 Å². The second-order valence-electron chi connectivity index (χ2n) is 8.54. The largest absolute Gasteiger partial charge is 0.347 e. The molecule has 1 aliphatic rings. The smallest absolute Gasteiger partial charge is 0.272 e. The molecule has 0 aliphatic carbocycles. The maximum atomic E-state index is 12.9. The number of carbonyl (C=O) groups is 4. The van der Waals surface area contributed by atoms with Crippen molar-refractivity contribution in [3.05, 3.63) is 86.4 Å². The van der Waals surface area contributed by atoms with E-state index < -0.39 is 34.7 Å². The molecule has 0 spiro atoms. The second-order valence-corrected chi connectivity index (χ2v) is 8.54. The number of H-pyrrole nitrogens is 2. The number of carbonyl (C=O) groups excluding carboxylic acids is 4. The molecule has 1 aromatic heterocycles. The highest BCUT2D eigenvalue weighted by atomic mass is 16.2. The van der Waals surface area contributed by atoms with Crippen molar-refractivity contribution in [2.45, 2.75) is 12.8 Å². The van der Waals surface area contributed by atoms with E-state index in [9.17, 15) is 28.8 Å². The summed E-state index contributed by atoms with van der Waals surface area (Å²) in [7, 11) is 0. The molecule has 4 amide bonds. The number of imide groups is 1. The fraction of sp³-hybridized carbons (Fsp3) is 0.154. The molecule has 0 unspecified atom stereocenters. The molecule has 0 saturated carbocycles. The predicted octanol–water partition coefficient (Wildman–Crippen LogP) is 1.50. The Labute approximate surface area is 208 Å². The van der Waals surface area contributed by atoms with E-state index >= 15 is 0 Å². The van der Waals surface area contributed by atoms with Gasteiger partial charge >= 0.3 is 0 Å². The quantitative estimate of drug-likeness (QED) is 0.282. The van der Waals surface area contributed by atoms with Gasteiger partial charge in [-0.2, -0.15) is 0 Å². The first-order valence-electron chi connectivity index (χ1n) is 11.5. The van der Waals surface area contributed by atoms with E-state index in [1.54, 1.807) is 24.3 Å². The lowest BCUT2D eigenvalue weighted by Crippen LogP contribution is -2.41. The Balaban J connectivity index is 1.16. The van der Waals surface area contributed by atoms with Crippen LogP contribution in [-0.2, 0) is 9.59 Å². The van der Waals surface area contributed by atoms with Gasteiger partial charge in [-0.05, 0) is 36.1 Å². The predicted molar refractivity (Wildman–Crippen MR) is 135 cm³/mol. The van der Waals surface area contributed by atoms with Crippen molar-refractivity contribution in [1.82, 2.24) is 20.4 Å². The van der Waals surface area contributed by atoms with Crippen molar-refractivity contribution in [3.63, 3.8) is 0 Å². The summed E-state index contributed by atoms with van der Waals surface area (Å²) in [5.74, 6) is -1.84. The van der Waals surface area contributed by atoms with Gasteiger partial charge in [0.15, 0.2) is 0 Å². The average molecular weight is 499 g/mol. The molecule has 4 N–H and O–H groups in total. The van der Waals surface area contributed by atoms with E-state index in [0.717, 1.165) is 10.3 Å². The van der Waals surface area contributed by atoms with Gasteiger partial charge in [0.05, 0.1) is 23.0 Å². The summed E-state index contributed by atoms with van der Waals surface area (Å²) < 4.78 is 0. The zero-order valence-corrected chi connectivity index (χ0v) is 19.4. The molecular formula is C26H21N5O6. The number of aromatic amines is 2. The number of anilines is 1. The molecule has 4 aromatic rings. The molecule has 2 heterocycles. The van der Waals surface area contributed by atoms with Crippen LogP contribution in [-0.4, -0.2) is 51.8 Å². The molecule has 186 valence electrons. The number of hydrogen-bond acceptors (Lipinski definition) is 6. The van der Waals surface area contributed by atoms with Crippen molar-refractivity contribution in [3.8, 4) is 0 Å². The molecule has 0 bridgehead atoms. The monoisotopic (exact) mass is 499 g/mol. The minimum absolute atomic E-state index is 0.0144. The van der Waals surface area contributed by atoms with Gasteiger partial charge in [0.2, 0.25) is 11.8 Å². The molecule has 1 aliphatic heterocycles. The Bertz CT molecular complexity index is 1670. The normalized spacial score (nSPS) is 12.7. The van der Waals surface area contributed by atoms with Crippen molar-refractivity contribution < 1.29 is 19.2 Å². The number of fused-ring (bicyclic) bond motifs is 1. The van der Waals surface area contributed by atoms with Gasteiger partial charge in [-0.25, -0.2) is 0 Å². The van der Waals surface area contributed by atoms with Gasteiger partial charge in [0.1, 0.15) is 0 Å². The van der Waals surface area contributed by atoms with Crippen LogP contribution in [0.15, 0.2) is 64.2 Å². The molecular weight excluding hydrogens is 478 g/mol. The highest BCUT2D eigenvalue weighted by Gasteiger charge is 2.32. The van der Waals surface area contributed by atoms with Crippen LogP contribution >= 0.6 is 0 Å². The van der Waals surface area contributed by atoms with E-state index in [1.807, 2.05) is 12.1 Å². The first kappa shape index (κ1) is 23.7. The summed E-state index contributed by atoms with van der Waals surface area (Å²) in [5, 5.41) is 11.0. The van der Waals surface area contributed by atoms with Crippen molar-refractivity contribution in [1.29, 1.82) is 0 Å². The van der Waals surface area contributed by atoms with E-state index in [-0.39, 0.29) is 42.4 Å². The number of nitrogens with zero attached hydrogens (tertiary/aromatic N) is 1. The second kappa shape index (κ2) is 9.53. The van der Waals surface area contributed by atoms with Crippen LogP contribution in [0.1, 0.15) is 33.6 Å². The third-order valence-electron chi connectivity index (χ3n) is 6.19. The molecule has 5 rings (SSSR count). The third-order valence-corrected chi connectivity index (χ3v) is 6.19. The van der Waals surface area contributed by atoms with Crippen LogP contribution in [0.5, 0.6) is 0 Å². The standard InChI is InChI=1S/C26H21N5O6/c32-19(27-13-20(33)28-18-10-3-7-15-22(18)24(35)30-29-23(15)34)11-4-12-31-25(36)16-8-1-5-14-6-2-9-17(21(14)16)26(31)37/h1-3,5-10H,4,11-13H2,(H,27,32)(H,28,33)(H,29,34)(H,30,35). The molecule has 37 heavy (non-hydrogen) atoms. The zero-order valence-electron chi connectivity index (χ0n) is 19.4.